The molecule has 1 amide bonds. The van der Waals surface area contributed by atoms with Crippen LogP contribution in [0.4, 0.5) is 10.3 Å². The van der Waals surface area contributed by atoms with E-state index in [1.807, 2.05) is 24.8 Å². The molecule has 1 saturated heterocycles. The number of halogens is 1. The normalized spacial score (nSPS) is 25.1. The van der Waals surface area contributed by atoms with E-state index in [0.717, 1.165) is 5.95 Å². The molecular weight excluding hydrogens is 321 g/mol. The number of nitrogens with zero attached hydrogens (tertiary/aromatic N) is 4. The van der Waals surface area contributed by atoms with E-state index in [-0.39, 0.29) is 17.1 Å². The van der Waals surface area contributed by atoms with Gasteiger partial charge in [0.2, 0.25) is 11.9 Å². The lowest BCUT2D eigenvalue weighted by molar-refractivity contribution is -0.135. The first kappa shape index (κ1) is 16.1. The summed E-state index contributed by atoms with van der Waals surface area (Å²) < 4.78 is 14.4. The summed E-state index contributed by atoms with van der Waals surface area (Å²) in [4.78, 5) is 21.5. The number of carbonyl (C=O) groups excluding carboxylic acids is 1. The summed E-state index contributed by atoms with van der Waals surface area (Å²) in [5.41, 5.74) is -0.441. The monoisotopic (exact) mass is 343 g/mol. The van der Waals surface area contributed by atoms with Crippen LogP contribution in [0, 0.1) is 11.2 Å². The van der Waals surface area contributed by atoms with Crippen LogP contribution in [-0.4, -0.2) is 52.2 Å². The number of amides is 1. The number of hydrogen-bond donors (Lipinski definition) is 1. The Balaban J connectivity index is 1.55. The number of H-pyrrole nitrogens is 1. The predicted octanol–water partition coefficient (Wildman–Crippen LogP) is 1.96. The molecule has 132 valence electrons. The highest BCUT2D eigenvalue weighted by molar-refractivity contribution is 5.93. The highest BCUT2D eigenvalue weighted by atomic mass is 19.1. The minimum absolute atomic E-state index is 0.0415. The minimum Gasteiger partial charge on any atom is -0.338 e. The fourth-order valence-corrected chi connectivity index (χ4v) is 4.11. The molecule has 1 N–H and O–H groups in total. The first-order valence-electron chi connectivity index (χ1n) is 8.60. The van der Waals surface area contributed by atoms with E-state index in [4.69, 9.17) is 0 Å². The smallest absolute Gasteiger partial charge is 0.234 e. The second kappa shape index (κ2) is 5.54. The maximum absolute atomic E-state index is 14.4. The fourth-order valence-electron chi connectivity index (χ4n) is 4.11. The van der Waals surface area contributed by atoms with Crippen LogP contribution in [0.15, 0.2) is 30.6 Å². The van der Waals surface area contributed by atoms with Crippen molar-refractivity contribution in [3.63, 3.8) is 0 Å². The second-order valence-electron chi connectivity index (χ2n) is 7.53. The van der Waals surface area contributed by atoms with Gasteiger partial charge in [0.15, 0.2) is 0 Å². The van der Waals surface area contributed by atoms with Gasteiger partial charge in [-0.15, -0.1) is 0 Å². The number of hydrogen-bond acceptors (Lipinski definition) is 4. The van der Waals surface area contributed by atoms with Gasteiger partial charge in [0.05, 0.1) is 5.41 Å². The summed E-state index contributed by atoms with van der Waals surface area (Å²) in [6.07, 6.45) is 2.16. The molecule has 1 aromatic carbocycles. The van der Waals surface area contributed by atoms with Gasteiger partial charge in [-0.3, -0.25) is 4.79 Å². The quantitative estimate of drug-likeness (QED) is 0.925. The number of piperazine rings is 1. The van der Waals surface area contributed by atoms with E-state index in [1.54, 1.807) is 12.1 Å². The van der Waals surface area contributed by atoms with Gasteiger partial charge in [0, 0.05) is 31.7 Å². The van der Waals surface area contributed by atoms with Crippen LogP contribution in [-0.2, 0) is 10.2 Å². The van der Waals surface area contributed by atoms with E-state index in [2.05, 4.69) is 20.1 Å². The maximum Gasteiger partial charge on any atom is 0.234 e. The van der Waals surface area contributed by atoms with Crippen LogP contribution in [0.1, 0.15) is 25.8 Å². The highest BCUT2D eigenvalue weighted by Crippen LogP contribution is 2.65. The minimum atomic E-state index is -0.743. The Morgan fingerprint density at radius 1 is 1.20 bits per heavy atom. The molecule has 0 radical (unpaired) electrons. The molecule has 4 rings (SSSR count). The molecule has 0 unspecified atom stereocenters. The molecule has 2 heterocycles. The third kappa shape index (κ3) is 2.41. The van der Waals surface area contributed by atoms with Gasteiger partial charge in [-0.25, -0.2) is 9.49 Å². The van der Waals surface area contributed by atoms with Crippen LogP contribution in [0.3, 0.4) is 0 Å². The first-order chi connectivity index (χ1) is 12.0. The number of aromatic nitrogens is 3. The maximum atomic E-state index is 14.4. The summed E-state index contributed by atoms with van der Waals surface area (Å²) in [7, 11) is 0. The van der Waals surface area contributed by atoms with E-state index in [1.165, 1.54) is 12.4 Å². The lowest BCUT2D eigenvalue weighted by Gasteiger charge is -2.37. The number of aromatic amines is 1. The summed E-state index contributed by atoms with van der Waals surface area (Å²) in [5, 5.41) is 6.72. The molecule has 1 atom stereocenters. The number of anilines is 1. The number of nitrogens with one attached hydrogen (secondary N) is 1. The Labute approximate surface area is 146 Å². The Hall–Kier alpha value is -2.44. The largest absolute Gasteiger partial charge is 0.338 e. The zero-order valence-electron chi connectivity index (χ0n) is 14.5. The van der Waals surface area contributed by atoms with Crippen LogP contribution in [0.25, 0.3) is 0 Å². The molecule has 25 heavy (non-hydrogen) atoms. The SMILES string of the molecule is CC1(C)C[C@]1(C(=O)N1CCN(c2ncn[nH]2)CC1)c1ccccc1F. The number of carbonyl (C=O) groups is 1. The Morgan fingerprint density at radius 3 is 2.44 bits per heavy atom. The molecule has 1 aromatic heterocycles. The molecular formula is C18H22FN5O. The van der Waals surface area contributed by atoms with Gasteiger partial charge in [-0.05, 0) is 17.9 Å². The molecule has 0 spiro atoms. The average Bonchev–Trinajstić information content (AvgIpc) is 2.98. The molecule has 1 aliphatic heterocycles. The summed E-state index contributed by atoms with van der Waals surface area (Å²) in [5.74, 6) is 0.476. The van der Waals surface area contributed by atoms with Crippen LogP contribution < -0.4 is 4.90 Å². The van der Waals surface area contributed by atoms with Crippen molar-refractivity contribution in [1.29, 1.82) is 0 Å². The molecule has 6 nitrogen and oxygen atoms in total. The van der Waals surface area contributed by atoms with Gasteiger partial charge in [0.1, 0.15) is 12.1 Å². The van der Waals surface area contributed by atoms with Crippen molar-refractivity contribution in [2.24, 2.45) is 5.41 Å². The van der Waals surface area contributed by atoms with Crippen LogP contribution in [0.2, 0.25) is 0 Å². The van der Waals surface area contributed by atoms with E-state index >= 15 is 0 Å². The molecule has 1 aliphatic carbocycles. The van der Waals surface area contributed by atoms with Gasteiger partial charge in [-0.2, -0.15) is 10.1 Å². The van der Waals surface area contributed by atoms with Crippen LogP contribution in [0.5, 0.6) is 0 Å². The third-order valence-corrected chi connectivity index (χ3v) is 5.70. The highest BCUT2D eigenvalue weighted by Gasteiger charge is 2.68. The van der Waals surface area contributed by atoms with Gasteiger partial charge >= 0.3 is 0 Å². The number of rotatable bonds is 3. The Morgan fingerprint density at radius 2 is 1.88 bits per heavy atom. The average molecular weight is 343 g/mol. The molecule has 2 aliphatic rings. The standard InChI is InChI=1S/C18H22FN5O/c1-17(2)11-18(17,13-5-3-4-6-14(13)19)15(25)23-7-9-24(10-8-23)16-20-12-21-22-16/h3-6,12H,7-11H2,1-2H3,(H,20,21,22)/t18-/m1/s1. The van der Waals surface area contributed by atoms with Gasteiger partial charge in [0.25, 0.3) is 0 Å². The predicted molar refractivity (Wildman–Crippen MR) is 91.7 cm³/mol. The molecule has 1 saturated carbocycles. The molecule has 2 fully saturated rings. The van der Waals surface area contributed by atoms with Crippen molar-refractivity contribution in [3.05, 3.63) is 42.0 Å². The number of benzene rings is 1. The van der Waals surface area contributed by atoms with E-state index in [9.17, 15) is 9.18 Å². The lowest BCUT2D eigenvalue weighted by Crippen LogP contribution is -2.52. The molecule has 2 aromatic rings. The summed E-state index contributed by atoms with van der Waals surface area (Å²) in [6.45, 7) is 6.67. The van der Waals surface area contributed by atoms with Crippen molar-refractivity contribution in [3.8, 4) is 0 Å². The van der Waals surface area contributed by atoms with Gasteiger partial charge < -0.3 is 9.80 Å². The summed E-state index contributed by atoms with van der Waals surface area (Å²) in [6, 6.07) is 6.68. The lowest BCUT2D eigenvalue weighted by atomic mass is 9.86. The van der Waals surface area contributed by atoms with E-state index < -0.39 is 5.41 Å². The van der Waals surface area contributed by atoms with Gasteiger partial charge in [-0.1, -0.05) is 32.0 Å². The molecule has 0 bridgehead atoms. The topological polar surface area (TPSA) is 65.1 Å². The zero-order valence-corrected chi connectivity index (χ0v) is 14.5. The van der Waals surface area contributed by atoms with Crippen molar-refractivity contribution in [1.82, 2.24) is 20.1 Å². The summed E-state index contributed by atoms with van der Waals surface area (Å²) >= 11 is 0. The Bertz CT molecular complexity index is 783. The van der Waals surface area contributed by atoms with Crippen LogP contribution >= 0.6 is 0 Å². The fraction of sp³-hybridized carbons (Fsp3) is 0.500. The third-order valence-electron chi connectivity index (χ3n) is 5.70. The first-order valence-corrected chi connectivity index (χ1v) is 8.60. The van der Waals surface area contributed by atoms with Crippen molar-refractivity contribution >= 4 is 11.9 Å². The van der Waals surface area contributed by atoms with Crippen molar-refractivity contribution in [2.75, 3.05) is 31.1 Å². The zero-order chi connectivity index (χ0) is 17.7. The Kier molecular flexibility index (Phi) is 3.56. The van der Waals surface area contributed by atoms with E-state index in [0.29, 0.717) is 38.2 Å². The molecule has 7 heteroatoms. The van der Waals surface area contributed by atoms with Crippen molar-refractivity contribution in [2.45, 2.75) is 25.7 Å². The second-order valence-corrected chi connectivity index (χ2v) is 7.53. The van der Waals surface area contributed by atoms with Crippen molar-refractivity contribution < 1.29 is 9.18 Å².